The molecule has 1 atom stereocenters. The number of piperidine rings is 1. The third kappa shape index (κ3) is 7.49. The summed E-state index contributed by atoms with van der Waals surface area (Å²) in [6.45, 7) is 1.64. The standard InChI is InChI=1S/C25H31ClN2O2/c26-22-13-15-23(16-14-22)27-24(29)17-12-21-10-6-18-28(19-21)25(30)11-5-4-9-20-7-2-1-3-8-20/h1-3,7-8,13-16,21H,4-6,9-12,17-19H2,(H,27,29). The van der Waals surface area contributed by atoms with Gasteiger partial charge in [0.25, 0.3) is 0 Å². The van der Waals surface area contributed by atoms with Crippen LogP contribution in [0.5, 0.6) is 0 Å². The van der Waals surface area contributed by atoms with Gasteiger partial charge in [-0.1, -0.05) is 41.9 Å². The lowest BCUT2D eigenvalue weighted by Gasteiger charge is -2.33. The van der Waals surface area contributed by atoms with E-state index in [1.54, 1.807) is 24.3 Å². The number of hydrogen-bond donors (Lipinski definition) is 1. The number of anilines is 1. The van der Waals surface area contributed by atoms with Crippen LogP contribution in [0.1, 0.15) is 50.5 Å². The molecule has 3 rings (SSSR count). The van der Waals surface area contributed by atoms with E-state index >= 15 is 0 Å². The molecule has 1 aliphatic rings. The monoisotopic (exact) mass is 426 g/mol. The second kappa shape index (κ2) is 11.8. The van der Waals surface area contributed by atoms with E-state index < -0.39 is 0 Å². The van der Waals surface area contributed by atoms with Gasteiger partial charge in [0.05, 0.1) is 0 Å². The van der Waals surface area contributed by atoms with Gasteiger partial charge in [-0.05, 0) is 74.3 Å². The van der Waals surface area contributed by atoms with Gasteiger partial charge in [-0.25, -0.2) is 0 Å². The van der Waals surface area contributed by atoms with Crippen molar-refractivity contribution in [3.8, 4) is 0 Å². The molecule has 2 amide bonds. The van der Waals surface area contributed by atoms with Crippen LogP contribution in [0.15, 0.2) is 54.6 Å². The Bertz CT molecular complexity index is 808. The Balaban J connectivity index is 1.34. The van der Waals surface area contributed by atoms with Crippen LogP contribution in [0.25, 0.3) is 0 Å². The highest BCUT2D eigenvalue weighted by Gasteiger charge is 2.23. The molecular weight excluding hydrogens is 396 g/mol. The largest absolute Gasteiger partial charge is 0.342 e. The van der Waals surface area contributed by atoms with Crippen molar-refractivity contribution < 1.29 is 9.59 Å². The van der Waals surface area contributed by atoms with Gasteiger partial charge in [0, 0.05) is 36.6 Å². The number of likely N-dealkylation sites (tertiary alicyclic amines) is 1. The molecule has 2 aromatic carbocycles. The number of halogens is 1. The smallest absolute Gasteiger partial charge is 0.224 e. The van der Waals surface area contributed by atoms with Crippen LogP contribution in [-0.4, -0.2) is 29.8 Å². The number of rotatable bonds is 9. The number of carbonyl (C=O) groups is 2. The summed E-state index contributed by atoms with van der Waals surface area (Å²) < 4.78 is 0. The Labute approximate surface area is 184 Å². The highest BCUT2D eigenvalue weighted by Crippen LogP contribution is 2.23. The number of aryl methyl sites for hydroxylation is 1. The number of carbonyl (C=O) groups excluding carboxylic acids is 2. The van der Waals surface area contributed by atoms with Crippen molar-refractivity contribution in [2.75, 3.05) is 18.4 Å². The maximum atomic E-state index is 12.6. The first-order valence-corrected chi connectivity index (χ1v) is 11.3. The Kier molecular flexibility index (Phi) is 8.76. The number of benzene rings is 2. The van der Waals surface area contributed by atoms with Crippen molar-refractivity contribution in [1.29, 1.82) is 0 Å². The van der Waals surface area contributed by atoms with Crippen molar-refractivity contribution in [3.63, 3.8) is 0 Å². The van der Waals surface area contributed by atoms with E-state index in [2.05, 4.69) is 29.6 Å². The Morgan fingerprint density at radius 1 is 1.00 bits per heavy atom. The van der Waals surface area contributed by atoms with E-state index in [0.717, 1.165) is 57.3 Å². The molecule has 0 saturated carbocycles. The van der Waals surface area contributed by atoms with Crippen LogP contribution in [0.2, 0.25) is 5.02 Å². The maximum absolute atomic E-state index is 12.6. The predicted octanol–water partition coefficient (Wildman–Crippen LogP) is 5.71. The van der Waals surface area contributed by atoms with Crippen LogP contribution < -0.4 is 5.32 Å². The summed E-state index contributed by atoms with van der Waals surface area (Å²) >= 11 is 5.87. The van der Waals surface area contributed by atoms with Crippen molar-refractivity contribution in [2.24, 2.45) is 5.92 Å². The van der Waals surface area contributed by atoms with Gasteiger partial charge in [-0.2, -0.15) is 0 Å². The first-order chi connectivity index (χ1) is 14.6. The van der Waals surface area contributed by atoms with Crippen LogP contribution in [0, 0.1) is 5.92 Å². The normalized spacial score (nSPS) is 16.3. The topological polar surface area (TPSA) is 49.4 Å². The zero-order chi connectivity index (χ0) is 21.2. The average Bonchev–Trinajstić information content (AvgIpc) is 2.78. The molecule has 0 radical (unpaired) electrons. The molecule has 1 fully saturated rings. The van der Waals surface area contributed by atoms with Crippen molar-refractivity contribution in [1.82, 2.24) is 4.90 Å². The molecule has 1 N–H and O–H groups in total. The molecule has 4 nitrogen and oxygen atoms in total. The summed E-state index contributed by atoms with van der Waals surface area (Å²) in [5, 5.41) is 3.57. The molecule has 0 aromatic heterocycles. The summed E-state index contributed by atoms with van der Waals surface area (Å²) in [6, 6.07) is 17.6. The first-order valence-electron chi connectivity index (χ1n) is 11.0. The summed E-state index contributed by atoms with van der Waals surface area (Å²) in [4.78, 5) is 26.8. The lowest BCUT2D eigenvalue weighted by atomic mass is 9.93. The summed E-state index contributed by atoms with van der Waals surface area (Å²) in [6.07, 6.45) is 7.03. The van der Waals surface area contributed by atoms with E-state index in [1.165, 1.54) is 5.56 Å². The van der Waals surface area contributed by atoms with Gasteiger partial charge >= 0.3 is 0 Å². The van der Waals surface area contributed by atoms with Gasteiger partial charge in [0.1, 0.15) is 0 Å². The van der Waals surface area contributed by atoms with E-state index in [9.17, 15) is 9.59 Å². The molecule has 30 heavy (non-hydrogen) atoms. The fourth-order valence-electron chi connectivity index (χ4n) is 4.03. The van der Waals surface area contributed by atoms with E-state index in [1.807, 2.05) is 11.0 Å². The average molecular weight is 427 g/mol. The fourth-order valence-corrected chi connectivity index (χ4v) is 4.15. The molecular formula is C25H31ClN2O2. The summed E-state index contributed by atoms with van der Waals surface area (Å²) in [7, 11) is 0. The third-order valence-electron chi connectivity index (χ3n) is 5.73. The lowest BCUT2D eigenvalue weighted by molar-refractivity contribution is -0.133. The third-order valence-corrected chi connectivity index (χ3v) is 5.98. The molecule has 0 bridgehead atoms. The lowest BCUT2D eigenvalue weighted by Crippen LogP contribution is -2.40. The van der Waals surface area contributed by atoms with E-state index in [4.69, 9.17) is 11.6 Å². The van der Waals surface area contributed by atoms with Gasteiger partial charge in [0.2, 0.25) is 11.8 Å². The Morgan fingerprint density at radius 3 is 2.53 bits per heavy atom. The molecule has 1 saturated heterocycles. The van der Waals surface area contributed by atoms with Crippen molar-refractivity contribution in [3.05, 3.63) is 65.2 Å². The molecule has 1 heterocycles. The molecule has 160 valence electrons. The molecule has 1 unspecified atom stereocenters. The molecule has 1 aliphatic heterocycles. The second-order valence-electron chi connectivity index (χ2n) is 8.13. The van der Waals surface area contributed by atoms with Gasteiger partial charge < -0.3 is 10.2 Å². The Hall–Kier alpha value is -2.33. The number of hydrogen-bond acceptors (Lipinski definition) is 2. The van der Waals surface area contributed by atoms with Gasteiger partial charge in [-0.15, -0.1) is 0 Å². The summed E-state index contributed by atoms with van der Waals surface area (Å²) in [5.41, 5.74) is 2.10. The summed E-state index contributed by atoms with van der Waals surface area (Å²) in [5.74, 6) is 0.683. The maximum Gasteiger partial charge on any atom is 0.224 e. The van der Waals surface area contributed by atoms with Crippen LogP contribution in [0.3, 0.4) is 0 Å². The number of amides is 2. The highest BCUT2D eigenvalue weighted by molar-refractivity contribution is 6.30. The second-order valence-corrected chi connectivity index (χ2v) is 8.57. The number of nitrogens with one attached hydrogen (secondary N) is 1. The van der Waals surface area contributed by atoms with Crippen molar-refractivity contribution >= 4 is 29.1 Å². The SMILES string of the molecule is O=C(CCC1CCCN(C(=O)CCCCc2ccccc2)C1)Nc1ccc(Cl)cc1. The molecule has 2 aromatic rings. The minimum atomic E-state index is 0.0154. The molecule has 0 aliphatic carbocycles. The molecule has 5 heteroatoms. The minimum absolute atomic E-state index is 0.0154. The van der Waals surface area contributed by atoms with Crippen molar-refractivity contribution in [2.45, 2.75) is 51.4 Å². The number of nitrogens with zero attached hydrogens (tertiary/aromatic N) is 1. The number of unbranched alkanes of at least 4 members (excludes halogenated alkanes) is 1. The highest BCUT2D eigenvalue weighted by atomic mass is 35.5. The minimum Gasteiger partial charge on any atom is -0.342 e. The van der Waals surface area contributed by atoms with E-state index in [-0.39, 0.29) is 11.8 Å². The van der Waals surface area contributed by atoms with Gasteiger partial charge in [0.15, 0.2) is 0 Å². The van der Waals surface area contributed by atoms with Crippen LogP contribution in [-0.2, 0) is 16.0 Å². The fraction of sp³-hybridized carbons (Fsp3) is 0.440. The quantitative estimate of drug-likeness (QED) is 0.522. The zero-order valence-corrected chi connectivity index (χ0v) is 18.2. The van der Waals surface area contributed by atoms with Crippen LogP contribution >= 0.6 is 11.6 Å². The van der Waals surface area contributed by atoms with Gasteiger partial charge in [-0.3, -0.25) is 9.59 Å². The zero-order valence-electron chi connectivity index (χ0n) is 17.5. The Morgan fingerprint density at radius 2 is 1.77 bits per heavy atom. The van der Waals surface area contributed by atoms with Crippen LogP contribution in [0.4, 0.5) is 5.69 Å². The first kappa shape index (κ1) is 22.4. The predicted molar refractivity (Wildman–Crippen MR) is 123 cm³/mol. The molecule has 0 spiro atoms. The van der Waals surface area contributed by atoms with E-state index in [0.29, 0.717) is 23.8 Å².